The highest BCUT2D eigenvalue weighted by Gasteiger charge is 2.20. The van der Waals surface area contributed by atoms with Crippen molar-refractivity contribution < 1.29 is 18.7 Å². The van der Waals surface area contributed by atoms with Gasteiger partial charge in [-0.05, 0) is 24.6 Å². The van der Waals surface area contributed by atoms with Crippen molar-refractivity contribution in [2.75, 3.05) is 18.6 Å². The number of halogens is 1. The number of nitrogens with two attached hydrogens (primary N) is 1. The summed E-state index contributed by atoms with van der Waals surface area (Å²) in [4.78, 5) is 27.6. The largest absolute Gasteiger partial charge is 0.491 e. The zero-order valence-corrected chi connectivity index (χ0v) is 16.7. The minimum atomic E-state index is -0.619. The quantitative estimate of drug-likeness (QED) is 0.687. The molecule has 8 nitrogen and oxygen atoms in total. The second kappa shape index (κ2) is 9.17. The molecule has 0 aliphatic carbocycles. The number of anilines is 1. The highest BCUT2D eigenvalue weighted by molar-refractivity contribution is 5.95. The van der Waals surface area contributed by atoms with Crippen molar-refractivity contribution in [2.24, 2.45) is 5.73 Å². The van der Waals surface area contributed by atoms with E-state index in [0.717, 1.165) is 5.56 Å². The lowest BCUT2D eigenvalue weighted by molar-refractivity contribution is -0.118. The molecule has 9 heteroatoms. The van der Waals surface area contributed by atoms with Crippen LogP contribution in [0, 0.1) is 12.7 Å². The molecule has 0 unspecified atom stereocenters. The molecule has 0 fully saturated rings. The number of amides is 2. The number of carbonyl (C=O) groups excluding carboxylic acids is 2. The first-order valence-electron chi connectivity index (χ1n) is 9.29. The van der Waals surface area contributed by atoms with Crippen molar-refractivity contribution in [1.29, 1.82) is 0 Å². The summed E-state index contributed by atoms with van der Waals surface area (Å²) < 4.78 is 18.2. The Labute approximate surface area is 172 Å². The van der Waals surface area contributed by atoms with Gasteiger partial charge in [-0.1, -0.05) is 29.8 Å². The van der Waals surface area contributed by atoms with Crippen LogP contribution >= 0.6 is 0 Å². The van der Waals surface area contributed by atoms with E-state index < -0.39 is 5.91 Å². The third kappa shape index (κ3) is 5.19. The van der Waals surface area contributed by atoms with Gasteiger partial charge in [-0.3, -0.25) is 14.7 Å². The van der Waals surface area contributed by atoms with E-state index in [1.807, 2.05) is 31.2 Å². The molecule has 1 aliphatic rings. The van der Waals surface area contributed by atoms with Gasteiger partial charge in [-0.2, -0.15) is 0 Å². The second-order valence-corrected chi connectivity index (χ2v) is 6.80. The molecule has 1 aromatic heterocycles. The number of fused-ring (bicyclic) bond motifs is 1. The molecule has 2 heterocycles. The maximum atomic E-state index is 12.9. The molecule has 0 spiro atoms. The smallest absolute Gasteiger partial charge is 0.288 e. The first-order valence-corrected chi connectivity index (χ1v) is 9.29. The van der Waals surface area contributed by atoms with Crippen molar-refractivity contribution in [3.05, 3.63) is 71.1 Å². The van der Waals surface area contributed by atoms with Crippen LogP contribution in [0.5, 0.6) is 5.75 Å². The van der Waals surface area contributed by atoms with Gasteiger partial charge in [-0.15, -0.1) is 5.10 Å². The van der Waals surface area contributed by atoms with E-state index in [0.29, 0.717) is 36.7 Å². The van der Waals surface area contributed by atoms with Gasteiger partial charge in [0.1, 0.15) is 17.4 Å². The molecule has 1 aliphatic heterocycles. The normalized spacial score (nSPS) is 12.9. The summed E-state index contributed by atoms with van der Waals surface area (Å²) in [6, 6.07) is 12.3. The van der Waals surface area contributed by atoms with Crippen LogP contribution in [-0.2, 0) is 11.2 Å². The van der Waals surface area contributed by atoms with Crippen LogP contribution in [0.4, 0.5) is 10.1 Å². The summed E-state index contributed by atoms with van der Waals surface area (Å²) in [5.74, 6) is 0.175. The number of ether oxygens (including phenoxy) is 1. The maximum Gasteiger partial charge on any atom is 0.288 e. The molecule has 3 aromatic rings. The zero-order valence-electron chi connectivity index (χ0n) is 16.7. The summed E-state index contributed by atoms with van der Waals surface area (Å²) in [6.45, 7) is 2.38. The molecule has 0 saturated heterocycles. The fourth-order valence-electron chi connectivity index (χ4n) is 2.81. The fraction of sp³-hybridized carbons (Fsp3) is 0.238. The van der Waals surface area contributed by atoms with Gasteiger partial charge in [0.2, 0.25) is 11.7 Å². The van der Waals surface area contributed by atoms with Crippen molar-refractivity contribution in [1.82, 2.24) is 15.2 Å². The van der Waals surface area contributed by atoms with Gasteiger partial charge < -0.3 is 15.4 Å². The van der Waals surface area contributed by atoms with Crippen molar-refractivity contribution in [2.45, 2.75) is 19.8 Å². The summed E-state index contributed by atoms with van der Waals surface area (Å²) >= 11 is 0. The first kappa shape index (κ1) is 21.0. The molecule has 30 heavy (non-hydrogen) atoms. The topological polar surface area (TPSA) is 114 Å². The van der Waals surface area contributed by atoms with Crippen molar-refractivity contribution in [3.8, 4) is 5.75 Å². The van der Waals surface area contributed by atoms with Gasteiger partial charge in [0.25, 0.3) is 5.91 Å². The highest BCUT2D eigenvalue weighted by atomic mass is 19.1. The van der Waals surface area contributed by atoms with Gasteiger partial charge >= 0.3 is 0 Å². The lowest BCUT2D eigenvalue weighted by Gasteiger charge is -2.15. The summed E-state index contributed by atoms with van der Waals surface area (Å²) in [5, 5.41) is 6.41. The van der Waals surface area contributed by atoms with E-state index in [-0.39, 0.29) is 17.5 Å². The molecule has 2 aromatic carbocycles. The predicted octanol–water partition coefficient (Wildman–Crippen LogP) is 2.37. The number of aromatic nitrogens is 3. The van der Waals surface area contributed by atoms with Gasteiger partial charge in [0.15, 0.2) is 0 Å². The summed E-state index contributed by atoms with van der Waals surface area (Å²) in [5.41, 5.74) is 7.87. The molecular weight excluding hydrogens is 389 g/mol. The number of hydrogen-bond acceptors (Lipinski definition) is 5. The van der Waals surface area contributed by atoms with Crippen LogP contribution in [-0.4, -0.2) is 40.7 Å². The molecule has 3 N–H and O–H groups in total. The van der Waals surface area contributed by atoms with Crippen molar-refractivity contribution in [3.63, 3.8) is 0 Å². The van der Waals surface area contributed by atoms with E-state index in [1.54, 1.807) is 13.1 Å². The SMILES string of the molecule is CN1C(=O)CCOc2ccc(F)cc21.Cc1ccc(Cc2nc(C(N)=O)n[nH]2)cc1. The fourth-order valence-corrected chi connectivity index (χ4v) is 2.81. The minimum Gasteiger partial charge on any atom is -0.491 e. The van der Waals surface area contributed by atoms with Gasteiger partial charge in [0, 0.05) is 19.5 Å². The maximum absolute atomic E-state index is 12.9. The average molecular weight is 411 g/mol. The predicted molar refractivity (Wildman–Crippen MR) is 109 cm³/mol. The standard InChI is InChI=1S/C11H12N4O.C10H10FNO2/c1-7-2-4-8(5-3-7)6-9-13-11(10(12)16)15-14-9;1-12-8-6-7(11)2-3-9(8)14-5-4-10(12)13/h2-5H,6H2,1H3,(H2,12,16)(H,13,14,15);2-3,6H,4-5H2,1H3. The Bertz CT molecular complexity index is 1050. The lowest BCUT2D eigenvalue weighted by atomic mass is 10.1. The third-order valence-electron chi connectivity index (χ3n) is 4.47. The minimum absolute atomic E-state index is 0.0297. The van der Waals surface area contributed by atoms with Crippen molar-refractivity contribution >= 4 is 17.5 Å². The number of hydrogen-bond donors (Lipinski definition) is 2. The average Bonchev–Trinajstić information content (AvgIpc) is 3.14. The van der Waals surface area contributed by atoms with Crippen LogP contribution in [0.15, 0.2) is 42.5 Å². The number of carbonyl (C=O) groups is 2. The molecule has 2 amide bonds. The molecule has 156 valence electrons. The Balaban J connectivity index is 0.000000172. The Morgan fingerprint density at radius 3 is 2.67 bits per heavy atom. The number of nitrogens with one attached hydrogen (secondary N) is 1. The zero-order chi connectivity index (χ0) is 21.7. The number of primary amides is 1. The van der Waals surface area contributed by atoms with E-state index in [9.17, 15) is 14.0 Å². The molecule has 0 atom stereocenters. The van der Waals surface area contributed by atoms with Crippen LogP contribution in [0.1, 0.15) is 34.0 Å². The van der Waals surface area contributed by atoms with E-state index in [2.05, 4.69) is 15.2 Å². The molecular formula is C21H22FN5O3. The second-order valence-electron chi connectivity index (χ2n) is 6.80. The van der Waals surface area contributed by atoms with E-state index >= 15 is 0 Å². The van der Waals surface area contributed by atoms with Crippen LogP contribution in [0.25, 0.3) is 0 Å². The number of rotatable bonds is 3. The number of benzene rings is 2. The third-order valence-corrected chi connectivity index (χ3v) is 4.47. The lowest BCUT2D eigenvalue weighted by Crippen LogP contribution is -2.25. The molecule has 0 bridgehead atoms. The number of nitrogens with zero attached hydrogens (tertiary/aromatic N) is 3. The van der Waals surface area contributed by atoms with Gasteiger partial charge in [0.05, 0.1) is 18.7 Å². The molecule has 0 saturated carbocycles. The Hall–Kier alpha value is -3.75. The van der Waals surface area contributed by atoms with Gasteiger partial charge in [-0.25, -0.2) is 9.37 Å². The number of aryl methyl sites for hydroxylation is 1. The molecule has 0 radical (unpaired) electrons. The van der Waals surface area contributed by atoms with Crippen LogP contribution < -0.4 is 15.4 Å². The monoisotopic (exact) mass is 411 g/mol. The molecule has 4 rings (SSSR count). The van der Waals surface area contributed by atoms with Crippen LogP contribution in [0.2, 0.25) is 0 Å². The Morgan fingerprint density at radius 1 is 1.27 bits per heavy atom. The van der Waals surface area contributed by atoms with E-state index in [4.69, 9.17) is 10.5 Å². The summed E-state index contributed by atoms with van der Waals surface area (Å²) in [7, 11) is 1.62. The number of aromatic amines is 1. The highest BCUT2D eigenvalue weighted by Crippen LogP contribution is 2.30. The Morgan fingerprint density at radius 2 is 2.00 bits per heavy atom. The summed E-state index contributed by atoms with van der Waals surface area (Å²) in [6.07, 6.45) is 0.938. The number of H-pyrrole nitrogens is 1. The first-order chi connectivity index (χ1) is 14.3. The van der Waals surface area contributed by atoms with Crippen LogP contribution in [0.3, 0.4) is 0 Å². The Kier molecular flexibility index (Phi) is 6.41. The van der Waals surface area contributed by atoms with E-state index in [1.165, 1.54) is 22.6 Å².